The zero-order valence-electron chi connectivity index (χ0n) is 11.2. The highest BCUT2D eigenvalue weighted by Gasteiger charge is 2.40. The maximum atomic E-state index is 9.36. The molecule has 0 radical (unpaired) electrons. The molecule has 2 unspecified atom stereocenters. The van der Waals surface area contributed by atoms with E-state index in [4.69, 9.17) is 0 Å². The Morgan fingerprint density at radius 1 is 1.41 bits per heavy atom. The highest BCUT2D eigenvalue weighted by Crippen LogP contribution is 2.34. The molecule has 0 aliphatic heterocycles. The van der Waals surface area contributed by atoms with Crippen LogP contribution < -0.4 is 5.32 Å². The molecule has 0 amide bonds. The van der Waals surface area contributed by atoms with Gasteiger partial charge in [-0.2, -0.15) is 5.26 Å². The molecule has 2 fully saturated rings. The Morgan fingerprint density at radius 3 is 2.71 bits per heavy atom. The van der Waals surface area contributed by atoms with Gasteiger partial charge < -0.3 is 4.90 Å². The quantitative estimate of drug-likeness (QED) is 0.793. The third kappa shape index (κ3) is 2.81. The molecule has 3 heteroatoms. The first-order chi connectivity index (χ1) is 8.19. The topological polar surface area (TPSA) is 39.1 Å². The summed E-state index contributed by atoms with van der Waals surface area (Å²) >= 11 is 0. The van der Waals surface area contributed by atoms with Crippen LogP contribution in [0.3, 0.4) is 0 Å². The van der Waals surface area contributed by atoms with Crippen LogP contribution in [0.5, 0.6) is 0 Å². The number of hydrogen-bond acceptors (Lipinski definition) is 3. The van der Waals surface area contributed by atoms with Crippen molar-refractivity contribution in [3.63, 3.8) is 0 Å². The summed E-state index contributed by atoms with van der Waals surface area (Å²) in [6.07, 6.45) is 7.42. The fourth-order valence-electron chi connectivity index (χ4n) is 3.27. The van der Waals surface area contributed by atoms with Gasteiger partial charge in [0.1, 0.15) is 5.54 Å². The molecule has 2 saturated carbocycles. The van der Waals surface area contributed by atoms with Gasteiger partial charge in [-0.15, -0.1) is 0 Å². The molecular weight excluding hydrogens is 210 g/mol. The van der Waals surface area contributed by atoms with Gasteiger partial charge in [0.15, 0.2) is 0 Å². The first kappa shape index (κ1) is 12.9. The Morgan fingerprint density at radius 2 is 2.18 bits per heavy atom. The Kier molecular flexibility index (Phi) is 4.06. The van der Waals surface area contributed by atoms with Crippen LogP contribution in [-0.2, 0) is 0 Å². The molecule has 2 aliphatic rings. The van der Waals surface area contributed by atoms with E-state index >= 15 is 0 Å². The van der Waals surface area contributed by atoms with Crippen LogP contribution in [0.25, 0.3) is 0 Å². The molecule has 0 aromatic rings. The summed E-state index contributed by atoms with van der Waals surface area (Å²) in [6, 6.07) is 3.11. The van der Waals surface area contributed by atoms with Crippen LogP contribution >= 0.6 is 0 Å². The van der Waals surface area contributed by atoms with E-state index in [1.54, 1.807) is 0 Å². The lowest BCUT2D eigenvalue weighted by atomic mass is 9.85. The van der Waals surface area contributed by atoms with E-state index in [0.717, 1.165) is 25.3 Å². The molecular formula is C14H25N3. The summed E-state index contributed by atoms with van der Waals surface area (Å²) in [7, 11) is 2.24. The van der Waals surface area contributed by atoms with Gasteiger partial charge in [-0.25, -0.2) is 0 Å². The van der Waals surface area contributed by atoms with E-state index in [1.165, 1.54) is 32.2 Å². The van der Waals surface area contributed by atoms with Crippen molar-refractivity contribution in [1.29, 1.82) is 5.26 Å². The van der Waals surface area contributed by atoms with Crippen LogP contribution in [0, 0.1) is 17.2 Å². The SMILES string of the molecule is CCNC1(C#N)CCC(N(C)CC2CCC2)C1. The zero-order chi connectivity index (χ0) is 12.3. The third-order valence-corrected chi connectivity index (χ3v) is 4.61. The van der Waals surface area contributed by atoms with Crippen LogP contribution in [0.15, 0.2) is 0 Å². The lowest BCUT2D eigenvalue weighted by molar-refractivity contribution is 0.160. The summed E-state index contributed by atoms with van der Waals surface area (Å²) < 4.78 is 0. The van der Waals surface area contributed by atoms with E-state index in [2.05, 4.69) is 30.3 Å². The molecule has 0 aromatic carbocycles. The number of rotatable bonds is 5. The van der Waals surface area contributed by atoms with Gasteiger partial charge in [-0.05, 0) is 51.6 Å². The molecule has 1 N–H and O–H groups in total. The number of hydrogen-bond donors (Lipinski definition) is 1. The number of nitriles is 1. The van der Waals surface area contributed by atoms with Gasteiger partial charge in [-0.1, -0.05) is 13.3 Å². The maximum Gasteiger partial charge on any atom is 0.108 e. The first-order valence-electron chi connectivity index (χ1n) is 7.05. The van der Waals surface area contributed by atoms with Crippen LogP contribution in [0.4, 0.5) is 0 Å². The molecule has 0 aromatic heterocycles. The molecule has 96 valence electrons. The summed E-state index contributed by atoms with van der Waals surface area (Å²) in [4.78, 5) is 2.50. The van der Waals surface area contributed by atoms with Crippen molar-refractivity contribution in [1.82, 2.24) is 10.2 Å². The monoisotopic (exact) mass is 235 g/mol. The van der Waals surface area contributed by atoms with Gasteiger partial charge >= 0.3 is 0 Å². The average molecular weight is 235 g/mol. The fourth-order valence-corrected chi connectivity index (χ4v) is 3.27. The second kappa shape index (κ2) is 5.37. The largest absolute Gasteiger partial charge is 0.303 e. The van der Waals surface area contributed by atoms with Crippen molar-refractivity contribution in [2.45, 2.75) is 57.0 Å². The van der Waals surface area contributed by atoms with Gasteiger partial charge in [0.05, 0.1) is 6.07 Å². The first-order valence-corrected chi connectivity index (χ1v) is 7.05. The summed E-state index contributed by atoms with van der Waals surface area (Å²) in [6.45, 7) is 4.22. The standard InChI is InChI=1S/C14H25N3/c1-3-16-14(11-15)8-7-13(9-14)17(2)10-12-5-4-6-12/h12-13,16H,3-10H2,1-2H3. The highest BCUT2D eigenvalue weighted by atomic mass is 15.1. The van der Waals surface area contributed by atoms with Crippen molar-refractivity contribution in [2.75, 3.05) is 20.1 Å². The Labute approximate surface area is 105 Å². The number of nitrogens with one attached hydrogen (secondary N) is 1. The van der Waals surface area contributed by atoms with E-state index < -0.39 is 0 Å². The molecule has 0 heterocycles. The van der Waals surface area contributed by atoms with Crippen molar-refractivity contribution >= 4 is 0 Å². The molecule has 2 atom stereocenters. The lowest BCUT2D eigenvalue weighted by Gasteiger charge is -2.34. The predicted octanol–water partition coefficient (Wildman–Crippen LogP) is 2.14. The van der Waals surface area contributed by atoms with E-state index in [9.17, 15) is 5.26 Å². The van der Waals surface area contributed by atoms with E-state index in [-0.39, 0.29) is 5.54 Å². The molecule has 0 saturated heterocycles. The molecule has 0 bridgehead atoms. The van der Waals surface area contributed by atoms with Crippen molar-refractivity contribution < 1.29 is 0 Å². The van der Waals surface area contributed by atoms with Gasteiger partial charge in [0.2, 0.25) is 0 Å². The minimum atomic E-state index is -0.243. The normalized spacial score (nSPS) is 33.6. The highest BCUT2D eigenvalue weighted by molar-refractivity contribution is 5.13. The predicted molar refractivity (Wildman–Crippen MR) is 69.6 cm³/mol. The lowest BCUT2D eigenvalue weighted by Crippen LogP contribution is -2.44. The Bertz CT molecular complexity index is 292. The second-order valence-corrected chi connectivity index (χ2v) is 5.86. The zero-order valence-corrected chi connectivity index (χ0v) is 11.2. The molecule has 3 nitrogen and oxygen atoms in total. The Hall–Kier alpha value is -0.590. The number of nitrogens with zero attached hydrogens (tertiary/aromatic N) is 2. The maximum absolute atomic E-state index is 9.36. The van der Waals surface area contributed by atoms with Crippen molar-refractivity contribution in [3.8, 4) is 6.07 Å². The summed E-state index contributed by atoms with van der Waals surface area (Å²) in [5.41, 5.74) is -0.243. The molecule has 2 aliphatic carbocycles. The van der Waals surface area contributed by atoms with E-state index in [1.807, 2.05) is 0 Å². The van der Waals surface area contributed by atoms with Gasteiger partial charge in [0.25, 0.3) is 0 Å². The van der Waals surface area contributed by atoms with E-state index in [0.29, 0.717) is 6.04 Å². The minimum Gasteiger partial charge on any atom is -0.303 e. The second-order valence-electron chi connectivity index (χ2n) is 5.86. The molecule has 0 spiro atoms. The van der Waals surface area contributed by atoms with Crippen molar-refractivity contribution in [3.05, 3.63) is 0 Å². The van der Waals surface area contributed by atoms with Crippen LogP contribution in [0.1, 0.15) is 45.4 Å². The smallest absolute Gasteiger partial charge is 0.108 e. The molecule has 17 heavy (non-hydrogen) atoms. The van der Waals surface area contributed by atoms with Gasteiger partial charge in [-0.3, -0.25) is 5.32 Å². The van der Waals surface area contributed by atoms with Crippen molar-refractivity contribution in [2.24, 2.45) is 5.92 Å². The minimum absolute atomic E-state index is 0.243. The van der Waals surface area contributed by atoms with Gasteiger partial charge in [0, 0.05) is 12.6 Å². The van der Waals surface area contributed by atoms with Crippen LogP contribution in [0.2, 0.25) is 0 Å². The third-order valence-electron chi connectivity index (χ3n) is 4.61. The molecule has 2 rings (SSSR count). The Balaban J connectivity index is 1.85. The average Bonchev–Trinajstić information content (AvgIpc) is 2.69. The van der Waals surface area contributed by atoms with Crippen LogP contribution in [-0.4, -0.2) is 36.6 Å². The summed E-state index contributed by atoms with van der Waals surface area (Å²) in [5, 5.41) is 12.7. The summed E-state index contributed by atoms with van der Waals surface area (Å²) in [5.74, 6) is 0.927. The fraction of sp³-hybridized carbons (Fsp3) is 0.929.